The van der Waals surface area contributed by atoms with Crippen LogP contribution in [0.4, 0.5) is 5.69 Å². The van der Waals surface area contributed by atoms with Crippen LogP contribution < -0.4 is 5.32 Å². The van der Waals surface area contributed by atoms with Gasteiger partial charge < -0.3 is 5.32 Å². The zero-order chi connectivity index (χ0) is 19.3. The van der Waals surface area contributed by atoms with Gasteiger partial charge in [-0.3, -0.25) is 4.79 Å². The molecule has 0 aliphatic heterocycles. The van der Waals surface area contributed by atoms with Crippen molar-refractivity contribution in [1.29, 1.82) is 0 Å². The molecule has 2 aromatic heterocycles. The molecule has 2 heterocycles. The third-order valence-corrected chi connectivity index (χ3v) is 5.78. The van der Waals surface area contributed by atoms with Crippen LogP contribution in [0.5, 0.6) is 0 Å². The molecule has 4 rings (SSSR count). The van der Waals surface area contributed by atoms with Crippen LogP contribution in [0.1, 0.15) is 21.6 Å². The number of nitrogens with one attached hydrogen (secondary N) is 1. The van der Waals surface area contributed by atoms with Gasteiger partial charge in [0.25, 0.3) is 5.91 Å². The molecule has 0 aliphatic rings. The van der Waals surface area contributed by atoms with Gasteiger partial charge in [0.2, 0.25) is 0 Å². The Labute approximate surface area is 169 Å². The molecule has 0 spiro atoms. The number of hydrogen-bond donors (Lipinski definition) is 1. The van der Waals surface area contributed by atoms with E-state index in [0.717, 1.165) is 33.3 Å². The number of carbonyl (C=O) groups excluding carboxylic acids is 1. The highest BCUT2D eigenvalue weighted by molar-refractivity contribution is 7.98. The predicted octanol–water partition coefficient (Wildman–Crippen LogP) is 3.97. The van der Waals surface area contributed by atoms with Crippen molar-refractivity contribution in [1.82, 2.24) is 25.2 Å². The number of aromatic nitrogens is 5. The molecule has 0 unspecified atom stereocenters. The zero-order valence-corrected chi connectivity index (χ0v) is 16.6. The van der Waals surface area contributed by atoms with Crippen LogP contribution in [-0.2, 0) is 5.75 Å². The Kier molecular flexibility index (Phi) is 5.45. The molecule has 2 aromatic carbocycles. The van der Waals surface area contributed by atoms with Gasteiger partial charge in [0.05, 0.1) is 22.5 Å². The second-order valence-electron chi connectivity index (χ2n) is 5.97. The molecular weight excluding hydrogens is 392 g/mol. The van der Waals surface area contributed by atoms with E-state index in [1.54, 1.807) is 27.8 Å². The highest BCUT2D eigenvalue weighted by Gasteiger charge is 2.13. The maximum Gasteiger partial charge on any atom is 0.256 e. The smallest absolute Gasteiger partial charge is 0.256 e. The molecule has 0 bridgehead atoms. The number of nitrogens with zero attached hydrogens (tertiary/aromatic N) is 5. The summed E-state index contributed by atoms with van der Waals surface area (Å²) in [6, 6.07) is 13.2. The van der Waals surface area contributed by atoms with Crippen molar-refractivity contribution in [2.24, 2.45) is 0 Å². The quantitative estimate of drug-likeness (QED) is 0.486. The largest absolute Gasteiger partial charge is 0.322 e. The van der Waals surface area contributed by atoms with Gasteiger partial charge in [-0.25, -0.2) is 9.67 Å². The molecule has 1 N–H and O–H groups in total. The van der Waals surface area contributed by atoms with Gasteiger partial charge in [0, 0.05) is 21.7 Å². The van der Waals surface area contributed by atoms with E-state index in [0.29, 0.717) is 5.56 Å². The zero-order valence-electron chi connectivity index (χ0n) is 14.9. The van der Waals surface area contributed by atoms with Gasteiger partial charge in [-0.2, -0.15) is 0 Å². The Morgan fingerprint density at radius 2 is 2.14 bits per heavy atom. The van der Waals surface area contributed by atoms with Gasteiger partial charge in [-0.15, -0.1) is 28.2 Å². The summed E-state index contributed by atoms with van der Waals surface area (Å²) in [5, 5.41) is 16.2. The Hall–Kier alpha value is -3.04. The first kappa shape index (κ1) is 18.3. The van der Waals surface area contributed by atoms with E-state index in [2.05, 4.69) is 25.8 Å². The summed E-state index contributed by atoms with van der Waals surface area (Å²) < 4.78 is 1.59. The summed E-state index contributed by atoms with van der Waals surface area (Å²) in [4.78, 5) is 18.1. The van der Waals surface area contributed by atoms with E-state index in [1.165, 1.54) is 6.33 Å². The number of tetrazole rings is 1. The molecule has 9 heteroatoms. The summed E-state index contributed by atoms with van der Waals surface area (Å²) in [5.41, 5.74) is 6.01. The minimum Gasteiger partial charge on any atom is -0.322 e. The van der Waals surface area contributed by atoms with Crippen molar-refractivity contribution < 1.29 is 4.79 Å². The van der Waals surface area contributed by atoms with Crippen molar-refractivity contribution in [2.75, 3.05) is 5.32 Å². The number of thioether (sulfide) groups is 1. The average Bonchev–Trinajstić information content (AvgIpc) is 3.41. The lowest BCUT2D eigenvalue weighted by Gasteiger charge is -2.11. The highest BCUT2D eigenvalue weighted by atomic mass is 32.2. The number of aryl methyl sites for hydroxylation is 1. The fraction of sp³-hybridized carbons (Fsp3) is 0.105. The van der Waals surface area contributed by atoms with Crippen LogP contribution in [0.15, 0.2) is 64.6 Å². The van der Waals surface area contributed by atoms with E-state index in [1.807, 2.05) is 60.3 Å². The van der Waals surface area contributed by atoms with E-state index in [-0.39, 0.29) is 5.91 Å². The molecule has 4 aromatic rings. The molecule has 0 saturated heterocycles. The van der Waals surface area contributed by atoms with Crippen molar-refractivity contribution in [2.45, 2.75) is 17.6 Å². The third kappa shape index (κ3) is 4.10. The number of thiazole rings is 1. The summed E-state index contributed by atoms with van der Waals surface area (Å²) in [6.45, 7) is 1.95. The number of benzene rings is 2. The first-order valence-electron chi connectivity index (χ1n) is 8.45. The van der Waals surface area contributed by atoms with Gasteiger partial charge in [-0.05, 0) is 53.2 Å². The van der Waals surface area contributed by atoms with Crippen LogP contribution >= 0.6 is 23.1 Å². The highest BCUT2D eigenvalue weighted by Crippen LogP contribution is 2.27. The van der Waals surface area contributed by atoms with Crippen LogP contribution in [0, 0.1) is 6.92 Å². The van der Waals surface area contributed by atoms with Crippen LogP contribution in [-0.4, -0.2) is 31.1 Å². The minimum absolute atomic E-state index is 0.143. The van der Waals surface area contributed by atoms with Gasteiger partial charge in [0.15, 0.2) is 0 Å². The minimum atomic E-state index is -0.143. The number of anilines is 1. The number of rotatable bonds is 6. The summed E-state index contributed by atoms with van der Waals surface area (Å²) >= 11 is 3.18. The van der Waals surface area contributed by atoms with Crippen molar-refractivity contribution in [3.8, 4) is 5.69 Å². The summed E-state index contributed by atoms with van der Waals surface area (Å²) in [7, 11) is 0. The van der Waals surface area contributed by atoms with E-state index < -0.39 is 0 Å². The van der Waals surface area contributed by atoms with Crippen LogP contribution in [0.3, 0.4) is 0 Å². The molecule has 0 radical (unpaired) electrons. The fourth-order valence-corrected chi connectivity index (χ4v) is 4.32. The Balaban J connectivity index is 1.50. The van der Waals surface area contributed by atoms with Crippen molar-refractivity contribution in [3.05, 3.63) is 76.5 Å². The molecule has 140 valence electrons. The molecule has 28 heavy (non-hydrogen) atoms. The lowest BCUT2D eigenvalue weighted by atomic mass is 10.1. The summed E-state index contributed by atoms with van der Waals surface area (Å²) in [6.07, 6.45) is 1.54. The maximum atomic E-state index is 12.8. The first-order chi connectivity index (χ1) is 13.7. The second kappa shape index (κ2) is 8.32. The number of amides is 1. The van der Waals surface area contributed by atoms with Crippen LogP contribution in [0.2, 0.25) is 0 Å². The number of hydrogen-bond acceptors (Lipinski definition) is 7. The Bertz CT molecular complexity index is 1080. The molecule has 0 saturated carbocycles. The van der Waals surface area contributed by atoms with Crippen molar-refractivity contribution in [3.63, 3.8) is 0 Å². The van der Waals surface area contributed by atoms with Crippen molar-refractivity contribution >= 4 is 34.7 Å². The number of carbonyl (C=O) groups is 1. The molecule has 7 nitrogen and oxygen atoms in total. The predicted molar refractivity (Wildman–Crippen MR) is 110 cm³/mol. The van der Waals surface area contributed by atoms with E-state index in [9.17, 15) is 4.79 Å². The maximum absolute atomic E-state index is 12.8. The summed E-state index contributed by atoms with van der Waals surface area (Å²) in [5.74, 6) is 0.587. The molecule has 0 aliphatic carbocycles. The lowest BCUT2D eigenvalue weighted by Crippen LogP contribution is -2.13. The molecule has 0 fully saturated rings. The third-order valence-electron chi connectivity index (χ3n) is 4.04. The van der Waals surface area contributed by atoms with E-state index in [4.69, 9.17) is 0 Å². The van der Waals surface area contributed by atoms with Gasteiger partial charge in [-0.1, -0.05) is 12.1 Å². The van der Waals surface area contributed by atoms with Gasteiger partial charge in [0.1, 0.15) is 6.33 Å². The standard InChI is InChI=1S/C19H16N6OS2/c1-13-8-14(6-7-17(13)25-11-21-23-24-25)22-19(26)16-4-2-3-5-18(16)28-10-15-9-27-12-20-15/h2-9,11-12H,10H2,1H3,(H,22,26). The molecule has 1 amide bonds. The normalized spacial score (nSPS) is 10.8. The monoisotopic (exact) mass is 408 g/mol. The van der Waals surface area contributed by atoms with Crippen LogP contribution in [0.25, 0.3) is 5.69 Å². The lowest BCUT2D eigenvalue weighted by molar-refractivity contribution is 0.102. The van der Waals surface area contributed by atoms with E-state index >= 15 is 0 Å². The topological polar surface area (TPSA) is 85.6 Å². The fourth-order valence-electron chi connectivity index (χ4n) is 2.70. The SMILES string of the molecule is Cc1cc(NC(=O)c2ccccc2SCc2cscn2)ccc1-n1cnnn1. The second-order valence-corrected chi connectivity index (χ2v) is 7.71. The Morgan fingerprint density at radius 1 is 1.25 bits per heavy atom. The average molecular weight is 409 g/mol. The Morgan fingerprint density at radius 3 is 2.89 bits per heavy atom. The molecular formula is C19H16N6OS2. The molecule has 0 atom stereocenters. The first-order valence-corrected chi connectivity index (χ1v) is 10.4. The van der Waals surface area contributed by atoms with Gasteiger partial charge >= 0.3 is 0 Å².